The van der Waals surface area contributed by atoms with Gasteiger partial charge in [-0.05, 0) is 25.1 Å². The maximum atomic E-state index is 5.34. The lowest BCUT2D eigenvalue weighted by atomic mass is 10.2. The van der Waals surface area contributed by atoms with E-state index in [4.69, 9.17) is 9.47 Å². The molecule has 0 unspecified atom stereocenters. The van der Waals surface area contributed by atoms with E-state index in [1.165, 1.54) is 11.3 Å². The van der Waals surface area contributed by atoms with Crippen LogP contribution in [0.5, 0.6) is 10.8 Å². The molecule has 0 spiro atoms. The molecule has 0 saturated heterocycles. The van der Waals surface area contributed by atoms with Crippen LogP contribution in [-0.4, -0.2) is 19.2 Å². The molecule has 90 valence electrons. The highest BCUT2D eigenvalue weighted by Crippen LogP contribution is 2.38. The number of thiazole rings is 1. The first-order valence-corrected chi connectivity index (χ1v) is 6.62. The van der Waals surface area contributed by atoms with E-state index in [1.54, 1.807) is 14.2 Å². The highest BCUT2D eigenvalue weighted by Gasteiger charge is 2.13. The molecule has 0 radical (unpaired) electrons. The van der Waals surface area contributed by atoms with Crippen molar-refractivity contribution in [3.8, 4) is 21.4 Å². The Morgan fingerprint density at radius 2 is 2.00 bits per heavy atom. The number of nitrogens with zero attached hydrogens (tertiary/aromatic N) is 1. The summed E-state index contributed by atoms with van der Waals surface area (Å²) in [6.45, 7) is 1.93. The maximum Gasteiger partial charge on any atom is 0.197 e. The fourth-order valence-corrected chi connectivity index (χ4v) is 2.80. The van der Waals surface area contributed by atoms with Crippen molar-refractivity contribution < 1.29 is 9.47 Å². The topological polar surface area (TPSA) is 31.4 Å². The summed E-state index contributed by atoms with van der Waals surface area (Å²) in [7, 11) is 3.31. The van der Waals surface area contributed by atoms with E-state index in [1.807, 2.05) is 25.1 Å². The molecular weight excluding hydrogens is 302 g/mol. The summed E-state index contributed by atoms with van der Waals surface area (Å²) in [5.74, 6) is 0.810. The fraction of sp³-hybridized carbons (Fsp3) is 0.250. The average molecular weight is 314 g/mol. The van der Waals surface area contributed by atoms with Crippen molar-refractivity contribution in [2.75, 3.05) is 14.2 Å². The number of methoxy groups -OCH3 is 2. The fourth-order valence-electron chi connectivity index (χ4n) is 1.53. The van der Waals surface area contributed by atoms with Crippen LogP contribution in [0.2, 0.25) is 0 Å². The first-order chi connectivity index (χ1) is 8.15. The van der Waals surface area contributed by atoms with E-state index < -0.39 is 0 Å². The Bertz CT molecular complexity index is 539. The van der Waals surface area contributed by atoms with Crippen molar-refractivity contribution in [2.45, 2.75) is 6.92 Å². The Morgan fingerprint density at radius 1 is 1.24 bits per heavy atom. The number of hydrogen-bond donors (Lipinski definition) is 0. The molecule has 1 aromatic carbocycles. The van der Waals surface area contributed by atoms with E-state index in [9.17, 15) is 0 Å². The summed E-state index contributed by atoms with van der Waals surface area (Å²) < 4.78 is 11.6. The van der Waals surface area contributed by atoms with Crippen molar-refractivity contribution in [3.63, 3.8) is 0 Å². The smallest absolute Gasteiger partial charge is 0.197 e. The standard InChI is InChI=1S/C12H12BrNO2S/c1-7-12(16-3)17-11(14-7)9-6-8(13)4-5-10(9)15-2/h4-6H,1-3H3. The van der Waals surface area contributed by atoms with Crippen LogP contribution < -0.4 is 9.47 Å². The molecule has 5 heteroatoms. The minimum Gasteiger partial charge on any atom is -0.496 e. The molecule has 0 N–H and O–H groups in total. The minimum atomic E-state index is 0.810. The van der Waals surface area contributed by atoms with E-state index >= 15 is 0 Å². The summed E-state index contributed by atoms with van der Waals surface area (Å²) in [5, 5.41) is 1.74. The van der Waals surface area contributed by atoms with E-state index in [0.717, 1.165) is 31.6 Å². The quantitative estimate of drug-likeness (QED) is 0.861. The van der Waals surface area contributed by atoms with Crippen LogP contribution in [0.4, 0.5) is 0 Å². The van der Waals surface area contributed by atoms with Gasteiger partial charge in [0, 0.05) is 4.47 Å². The summed E-state index contributed by atoms with van der Waals surface area (Å²) in [5.41, 5.74) is 1.87. The molecule has 0 aliphatic rings. The molecule has 1 aromatic heterocycles. The molecule has 3 nitrogen and oxygen atoms in total. The third-order valence-corrected chi connectivity index (χ3v) is 3.98. The Labute approximate surface area is 113 Å². The number of hydrogen-bond acceptors (Lipinski definition) is 4. The van der Waals surface area contributed by atoms with Gasteiger partial charge in [-0.3, -0.25) is 0 Å². The summed E-state index contributed by atoms with van der Waals surface area (Å²) in [4.78, 5) is 4.49. The van der Waals surface area contributed by atoms with E-state index in [2.05, 4.69) is 20.9 Å². The molecule has 17 heavy (non-hydrogen) atoms. The van der Waals surface area contributed by atoms with E-state index in [-0.39, 0.29) is 0 Å². The number of aryl methyl sites for hydroxylation is 1. The van der Waals surface area contributed by atoms with Crippen molar-refractivity contribution in [1.82, 2.24) is 4.98 Å². The van der Waals surface area contributed by atoms with Gasteiger partial charge in [0.1, 0.15) is 10.8 Å². The highest BCUT2D eigenvalue weighted by molar-refractivity contribution is 9.10. The maximum absolute atomic E-state index is 5.34. The Hall–Kier alpha value is -1.07. The van der Waals surface area contributed by atoms with Crippen LogP contribution in [0.15, 0.2) is 22.7 Å². The number of aromatic nitrogens is 1. The number of benzene rings is 1. The normalized spacial score (nSPS) is 10.4. The van der Waals surface area contributed by atoms with Crippen LogP contribution in [0.3, 0.4) is 0 Å². The molecule has 0 amide bonds. The predicted octanol–water partition coefficient (Wildman–Crippen LogP) is 3.90. The Balaban J connectivity index is 2.54. The zero-order chi connectivity index (χ0) is 12.4. The lowest BCUT2D eigenvalue weighted by molar-refractivity contribution is 0.416. The second-order valence-corrected chi connectivity index (χ2v) is 5.32. The molecule has 0 fully saturated rings. The molecule has 0 atom stereocenters. The number of ether oxygens (including phenoxy) is 2. The average Bonchev–Trinajstić information content (AvgIpc) is 2.70. The predicted molar refractivity (Wildman–Crippen MR) is 73.1 cm³/mol. The second kappa shape index (κ2) is 5.06. The molecule has 2 rings (SSSR count). The summed E-state index contributed by atoms with van der Waals surface area (Å²) >= 11 is 4.97. The SMILES string of the molecule is COc1ccc(Br)cc1-c1nc(C)c(OC)s1. The van der Waals surface area contributed by atoms with Gasteiger partial charge in [0.15, 0.2) is 5.06 Å². The molecule has 0 aliphatic carbocycles. The number of rotatable bonds is 3. The van der Waals surface area contributed by atoms with Gasteiger partial charge in [-0.15, -0.1) is 0 Å². The molecule has 0 bridgehead atoms. The first-order valence-electron chi connectivity index (χ1n) is 5.01. The third-order valence-electron chi connectivity index (χ3n) is 2.33. The van der Waals surface area contributed by atoms with Crippen molar-refractivity contribution in [3.05, 3.63) is 28.4 Å². The molecular formula is C12H12BrNO2S. The van der Waals surface area contributed by atoms with Gasteiger partial charge in [0.2, 0.25) is 0 Å². The first kappa shape index (κ1) is 12.4. The largest absolute Gasteiger partial charge is 0.496 e. The molecule has 0 aliphatic heterocycles. The molecule has 0 saturated carbocycles. The summed E-state index contributed by atoms with van der Waals surface area (Å²) in [6, 6.07) is 5.86. The van der Waals surface area contributed by atoms with Crippen LogP contribution in [0.1, 0.15) is 5.69 Å². The van der Waals surface area contributed by atoms with Crippen LogP contribution in [0.25, 0.3) is 10.6 Å². The minimum absolute atomic E-state index is 0.810. The van der Waals surface area contributed by atoms with Gasteiger partial charge in [0.05, 0.1) is 25.5 Å². The Kier molecular flexibility index (Phi) is 3.69. The van der Waals surface area contributed by atoms with Crippen molar-refractivity contribution in [2.24, 2.45) is 0 Å². The van der Waals surface area contributed by atoms with Crippen LogP contribution in [0, 0.1) is 6.92 Å². The zero-order valence-corrected chi connectivity index (χ0v) is 12.2. The van der Waals surface area contributed by atoms with Gasteiger partial charge in [-0.25, -0.2) is 4.98 Å². The van der Waals surface area contributed by atoms with Gasteiger partial charge in [-0.2, -0.15) is 0 Å². The number of halogens is 1. The summed E-state index contributed by atoms with van der Waals surface area (Å²) in [6.07, 6.45) is 0. The van der Waals surface area contributed by atoms with Gasteiger partial charge < -0.3 is 9.47 Å². The molecule has 2 aromatic rings. The van der Waals surface area contributed by atoms with Crippen molar-refractivity contribution in [1.29, 1.82) is 0 Å². The Morgan fingerprint density at radius 3 is 2.59 bits per heavy atom. The van der Waals surface area contributed by atoms with Gasteiger partial charge >= 0.3 is 0 Å². The third kappa shape index (κ3) is 2.45. The van der Waals surface area contributed by atoms with Gasteiger partial charge in [-0.1, -0.05) is 27.3 Å². The molecule has 1 heterocycles. The van der Waals surface area contributed by atoms with Crippen LogP contribution >= 0.6 is 27.3 Å². The van der Waals surface area contributed by atoms with Gasteiger partial charge in [0.25, 0.3) is 0 Å². The lowest BCUT2D eigenvalue weighted by Crippen LogP contribution is -1.87. The zero-order valence-electron chi connectivity index (χ0n) is 9.78. The lowest BCUT2D eigenvalue weighted by Gasteiger charge is -2.05. The highest BCUT2D eigenvalue weighted by atomic mass is 79.9. The van der Waals surface area contributed by atoms with E-state index in [0.29, 0.717) is 0 Å². The monoisotopic (exact) mass is 313 g/mol. The van der Waals surface area contributed by atoms with Crippen LogP contribution in [-0.2, 0) is 0 Å². The van der Waals surface area contributed by atoms with Crippen molar-refractivity contribution >= 4 is 27.3 Å². The second-order valence-electron chi connectivity index (χ2n) is 3.44.